The number of aromatic nitrogens is 3. The molecule has 0 saturated heterocycles. The molecule has 0 aliphatic carbocycles. The van der Waals surface area contributed by atoms with E-state index in [0.29, 0.717) is 81.1 Å². The van der Waals surface area contributed by atoms with Crippen molar-refractivity contribution in [1.82, 2.24) is 40.5 Å². The van der Waals surface area contributed by atoms with E-state index in [1.807, 2.05) is 6.92 Å². The standard InChI is InChI=1S/C42H57N9O10S/c1-5-35(52)43-14-7-19-61-20-8-15-45-37(54)12-11-36(53)44-13-6-18-51-26-32(38(55)31-10-9-30(23-34(31)51)24-49-42-46-16-17-47-42)40(56)48-25-33(41(57)58)50-62(59,60)39-28(3)21-27(2)22-29(39)4/h9-10,16-17,21-23,26,33,50H,5-8,11-15,18-20,24-25H2,1-4H3,(H,43,52)(H,44,53)(H,45,54)(H,48,56)(H,57,58)(H2,46,47,49)/t33-/m0/s1. The Balaban J connectivity index is 1.36. The molecule has 0 radical (unpaired) electrons. The molecule has 1 atom stereocenters. The Morgan fingerprint density at radius 1 is 0.871 bits per heavy atom. The average molecular weight is 880 g/mol. The quantitative estimate of drug-likeness (QED) is 0.0422. The highest BCUT2D eigenvalue weighted by molar-refractivity contribution is 7.89. The number of H-pyrrole nitrogens is 1. The predicted octanol–water partition coefficient (Wildman–Crippen LogP) is 2.15. The minimum absolute atomic E-state index is 0.00310. The fourth-order valence-electron chi connectivity index (χ4n) is 6.66. The number of carbonyl (C=O) groups is 5. The molecule has 19 nitrogen and oxygen atoms in total. The van der Waals surface area contributed by atoms with Gasteiger partial charge >= 0.3 is 5.97 Å². The Bertz CT molecular complexity index is 2340. The number of nitrogens with zero attached hydrogens (tertiary/aromatic N) is 2. The van der Waals surface area contributed by atoms with E-state index >= 15 is 0 Å². The summed E-state index contributed by atoms with van der Waals surface area (Å²) in [4.78, 5) is 82.7. The Kier molecular flexibility index (Phi) is 18.6. The van der Waals surface area contributed by atoms with Gasteiger partial charge in [-0.05, 0) is 68.9 Å². The molecule has 2 aromatic heterocycles. The number of sulfonamides is 1. The van der Waals surface area contributed by atoms with Crippen LogP contribution in [-0.2, 0) is 47.0 Å². The number of hydrogen-bond acceptors (Lipinski definition) is 11. The highest BCUT2D eigenvalue weighted by Crippen LogP contribution is 2.22. The van der Waals surface area contributed by atoms with Gasteiger partial charge < -0.3 is 46.0 Å². The Labute approximate surface area is 360 Å². The van der Waals surface area contributed by atoms with Gasteiger partial charge in [-0.2, -0.15) is 4.72 Å². The molecule has 8 N–H and O–H groups in total. The van der Waals surface area contributed by atoms with Crippen LogP contribution in [0.4, 0.5) is 5.95 Å². The molecule has 4 rings (SSSR count). The van der Waals surface area contributed by atoms with Crippen molar-refractivity contribution >= 4 is 56.5 Å². The third-order valence-corrected chi connectivity index (χ3v) is 11.4. The number of aromatic amines is 1. The lowest BCUT2D eigenvalue weighted by Gasteiger charge is -2.19. The van der Waals surface area contributed by atoms with Gasteiger partial charge in [-0.15, -0.1) is 0 Å². The fourth-order valence-corrected chi connectivity index (χ4v) is 8.30. The maximum Gasteiger partial charge on any atom is 0.323 e. The van der Waals surface area contributed by atoms with Crippen molar-refractivity contribution in [1.29, 1.82) is 0 Å². The molecule has 0 fully saturated rings. The smallest absolute Gasteiger partial charge is 0.323 e. The van der Waals surface area contributed by atoms with Crippen LogP contribution in [0.1, 0.15) is 78.1 Å². The number of ether oxygens (including phenoxy) is 1. The van der Waals surface area contributed by atoms with E-state index in [-0.39, 0.29) is 59.5 Å². The first-order valence-electron chi connectivity index (χ1n) is 20.5. The van der Waals surface area contributed by atoms with Gasteiger partial charge in [0, 0.05) is 95.7 Å². The predicted molar refractivity (Wildman–Crippen MR) is 232 cm³/mol. The van der Waals surface area contributed by atoms with Crippen LogP contribution in [0.25, 0.3) is 10.9 Å². The minimum Gasteiger partial charge on any atom is -0.480 e. The maximum atomic E-state index is 13.8. The number of imidazole rings is 1. The fraction of sp³-hybridized carbons (Fsp3) is 0.452. The minimum atomic E-state index is -4.32. The lowest BCUT2D eigenvalue weighted by Crippen LogP contribution is -2.49. The molecule has 0 saturated carbocycles. The number of benzene rings is 2. The molecule has 2 heterocycles. The third-order valence-electron chi connectivity index (χ3n) is 9.66. The van der Waals surface area contributed by atoms with E-state index in [4.69, 9.17) is 4.74 Å². The van der Waals surface area contributed by atoms with Crippen LogP contribution < -0.4 is 36.7 Å². The number of fused-ring (bicyclic) bond motifs is 1. The zero-order valence-electron chi connectivity index (χ0n) is 35.5. The van der Waals surface area contributed by atoms with Gasteiger partial charge in [-0.25, -0.2) is 13.4 Å². The highest BCUT2D eigenvalue weighted by atomic mass is 32.2. The summed E-state index contributed by atoms with van der Waals surface area (Å²) in [5, 5.41) is 24.0. The van der Waals surface area contributed by atoms with Gasteiger partial charge in [0.2, 0.25) is 33.2 Å². The number of rotatable bonds is 26. The van der Waals surface area contributed by atoms with Crippen LogP contribution in [0.2, 0.25) is 0 Å². The molecular weight excluding hydrogens is 823 g/mol. The summed E-state index contributed by atoms with van der Waals surface area (Å²) in [6, 6.07) is 6.68. The van der Waals surface area contributed by atoms with E-state index in [1.54, 1.807) is 68.1 Å². The van der Waals surface area contributed by atoms with Gasteiger partial charge in [-0.3, -0.25) is 28.8 Å². The van der Waals surface area contributed by atoms with Crippen molar-refractivity contribution in [3.05, 3.63) is 87.0 Å². The summed E-state index contributed by atoms with van der Waals surface area (Å²) in [7, 11) is -4.32. The van der Waals surface area contributed by atoms with E-state index in [9.17, 15) is 42.3 Å². The Morgan fingerprint density at radius 3 is 2.10 bits per heavy atom. The highest BCUT2D eigenvalue weighted by Gasteiger charge is 2.29. The molecule has 62 heavy (non-hydrogen) atoms. The number of carbonyl (C=O) groups excluding carboxylic acids is 4. The molecule has 4 aromatic rings. The molecule has 0 aliphatic heterocycles. The zero-order chi connectivity index (χ0) is 45.2. The van der Waals surface area contributed by atoms with Crippen LogP contribution in [0.5, 0.6) is 0 Å². The lowest BCUT2D eigenvalue weighted by molar-refractivity contribution is -0.138. The van der Waals surface area contributed by atoms with Crippen molar-refractivity contribution in [3.8, 4) is 0 Å². The molecule has 4 amide bonds. The molecule has 0 spiro atoms. The van der Waals surface area contributed by atoms with E-state index in [2.05, 4.69) is 41.3 Å². The second kappa shape index (κ2) is 23.8. The van der Waals surface area contributed by atoms with Gasteiger partial charge in [-0.1, -0.05) is 30.7 Å². The van der Waals surface area contributed by atoms with E-state index < -0.39 is 39.9 Å². The van der Waals surface area contributed by atoms with Crippen molar-refractivity contribution in [2.45, 2.75) is 90.2 Å². The van der Waals surface area contributed by atoms with Gasteiger partial charge in [0.25, 0.3) is 5.91 Å². The summed E-state index contributed by atoms with van der Waals surface area (Å²) in [6.07, 6.45) is 6.70. The number of anilines is 1. The molecule has 2 aromatic carbocycles. The molecule has 20 heteroatoms. The third kappa shape index (κ3) is 14.8. The SMILES string of the molecule is CCC(=O)NCCCOCCCNC(=O)CCC(=O)NCCCn1cc(C(=O)NC[C@H](NS(=O)(=O)c2c(C)cc(C)cc2C)C(=O)O)c(=O)c2ccc(CNc3ncc[nH]3)cc21. The van der Waals surface area contributed by atoms with Crippen molar-refractivity contribution in [2.24, 2.45) is 0 Å². The van der Waals surface area contributed by atoms with Gasteiger partial charge in [0.1, 0.15) is 11.6 Å². The second-order valence-electron chi connectivity index (χ2n) is 14.7. The van der Waals surface area contributed by atoms with Crippen LogP contribution in [0, 0.1) is 20.8 Å². The first kappa shape index (κ1) is 48.5. The molecule has 336 valence electrons. The topological polar surface area (TPSA) is 272 Å². The largest absolute Gasteiger partial charge is 0.480 e. The number of hydrogen-bond donors (Lipinski definition) is 8. The summed E-state index contributed by atoms with van der Waals surface area (Å²) >= 11 is 0. The van der Waals surface area contributed by atoms with Crippen LogP contribution >= 0.6 is 0 Å². The normalized spacial score (nSPS) is 11.8. The Hall–Kier alpha value is -6.12. The molecule has 0 unspecified atom stereocenters. The van der Waals surface area contributed by atoms with Gasteiger partial charge in [0.15, 0.2) is 5.95 Å². The zero-order valence-corrected chi connectivity index (χ0v) is 36.3. The van der Waals surface area contributed by atoms with Crippen LogP contribution in [-0.4, -0.2) is 103 Å². The van der Waals surface area contributed by atoms with Gasteiger partial charge in [0.05, 0.1) is 10.4 Å². The monoisotopic (exact) mass is 879 g/mol. The van der Waals surface area contributed by atoms with Crippen LogP contribution in [0.3, 0.4) is 0 Å². The second-order valence-corrected chi connectivity index (χ2v) is 16.4. The van der Waals surface area contributed by atoms with Crippen LogP contribution in [0.15, 0.2) is 58.6 Å². The number of amides is 4. The van der Waals surface area contributed by atoms with E-state index in [0.717, 1.165) is 11.1 Å². The number of aryl methyl sites for hydroxylation is 4. The maximum absolute atomic E-state index is 13.8. The van der Waals surface area contributed by atoms with Crippen molar-refractivity contribution in [3.63, 3.8) is 0 Å². The number of aliphatic carboxylic acids is 1. The van der Waals surface area contributed by atoms with Crippen molar-refractivity contribution in [2.75, 3.05) is 44.7 Å². The Morgan fingerprint density at radius 2 is 1.50 bits per heavy atom. The first-order valence-corrected chi connectivity index (χ1v) is 22.0. The van der Waals surface area contributed by atoms with E-state index in [1.165, 1.54) is 6.20 Å². The lowest BCUT2D eigenvalue weighted by atomic mass is 10.1. The first-order chi connectivity index (χ1) is 29.6. The summed E-state index contributed by atoms with van der Waals surface area (Å²) in [6.45, 7) is 8.86. The molecule has 0 bridgehead atoms. The number of pyridine rings is 1. The summed E-state index contributed by atoms with van der Waals surface area (Å²) in [5.41, 5.74) is 2.08. The molecule has 0 aliphatic rings. The number of carboxylic acid groups (broad SMARTS) is 1. The van der Waals surface area contributed by atoms with Crippen molar-refractivity contribution < 1.29 is 42.2 Å². The number of nitrogens with one attached hydrogen (secondary N) is 7. The summed E-state index contributed by atoms with van der Waals surface area (Å²) < 4.78 is 36.0. The summed E-state index contributed by atoms with van der Waals surface area (Å²) in [5.74, 6) is -2.50. The molecular formula is C42H57N9O10S. The number of carboxylic acids is 1. The average Bonchev–Trinajstić information content (AvgIpc) is 3.75.